The molecule has 27 heavy (non-hydrogen) atoms. The number of nitrogens with one attached hydrogen (secondary N) is 1. The molecular weight excluding hydrogens is 362 g/mol. The third-order valence-corrected chi connectivity index (χ3v) is 7.18. The van der Waals surface area contributed by atoms with Crippen LogP contribution in [-0.2, 0) is 9.84 Å². The maximum Gasteiger partial charge on any atom is 0.255 e. The fourth-order valence-corrected chi connectivity index (χ4v) is 4.24. The fraction of sp³-hybridized carbons (Fsp3) is 0.381. The first-order valence-corrected chi connectivity index (χ1v) is 11.0. The van der Waals surface area contributed by atoms with Crippen LogP contribution < -0.4 is 10.1 Å². The van der Waals surface area contributed by atoms with Gasteiger partial charge in [0.2, 0.25) is 0 Å². The van der Waals surface area contributed by atoms with Crippen LogP contribution in [-0.4, -0.2) is 31.9 Å². The van der Waals surface area contributed by atoms with Gasteiger partial charge in [0.05, 0.1) is 10.3 Å². The number of carbonyl (C=O) groups excluding carboxylic acids is 1. The summed E-state index contributed by atoms with van der Waals surface area (Å²) in [6.45, 7) is 4.30. The molecule has 0 saturated heterocycles. The summed E-state index contributed by atoms with van der Waals surface area (Å²) < 4.78 is 29.1. The lowest BCUT2D eigenvalue weighted by molar-refractivity contribution is 0.0950. The summed E-state index contributed by atoms with van der Waals surface area (Å²) in [7, 11) is -3.19. The van der Waals surface area contributed by atoms with Gasteiger partial charge in [-0.05, 0) is 42.5 Å². The van der Waals surface area contributed by atoms with Gasteiger partial charge in [-0.3, -0.25) is 4.79 Å². The average molecular weight is 388 g/mol. The van der Waals surface area contributed by atoms with Crippen LogP contribution in [0.1, 0.15) is 48.5 Å². The van der Waals surface area contributed by atoms with Gasteiger partial charge in [0.25, 0.3) is 5.91 Å². The Bertz CT molecular complexity index is 946. The molecule has 1 aliphatic carbocycles. The van der Waals surface area contributed by atoms with Crippen molar-refractivity contribution >= 4 is 15.7 Å². The molecule has 0 radical (unpaired) electrons. The Morgan fingerprint density at radius 1 is 1.07 bits per heavy atom. The lowest BCUT2D eigenvalue weighted by Gasteiger charge is -2.17. The van der Waals surface area contributed by atoms with Gasteiger partial charge in [-0.2, -0.15) is 0 Å². The molecule has 0 heterocycles. The molecule has 0 aliphatic heterocycles. The molecule has 144 valence electrons. The number of hydrogen-bond donors (Lipinski definition) is 1. The van der Waals surface area contributed by atoms with E-state index < -0.39 is 14.6 Å². The van der Waals surface area contributed by atoms with Crippen molar-refractivity contribution in [3.63, 3.8) is 0 Å². The predicted molar refractivity (Wildman–Crippen MR) is 106 cm³/mol. The van der Waals surface area contributed by atoms with Crippen LogP contribution in [0.25, 0.3) is 0 Å². The SMILES string of the molecule is CC(C)c1ccccc1Oc1ccccc1C(=O)NCC1(S(C)(=O)=O)CC1. The van der Waals surface area contributed by atoms with Crippen molar-refractivity contribution in [2.24, 2.45) is 0 Å². The molecule has 0 spiro atoms. The van der Waals surface area contributed by atoms with Crippen LogP contribution in [0.2, 0.25) is 0 Å². The average Bonchev–Trinajstić information content (AvgIpc) is 3.42. The summed E-state index contributed by atoms with van der Waals surface area (Å²) in [5.41, 5.74) is 1.45. The molecule has 1 aliphatic rings. The number of para-hydroxylation sites is 2. The molecular formula is C21H25NO4S. The van der Waals surface area contributed by atoms with Crippen molar-refractivity contribution in [1.29, 1.82) is 0 Å². The first-order valence-electron chi connectivity index (χ1n) is 9.07. The molecule has 1 amide bonds. The Hall–Kier alpha value is -2.34. The zero-order valence-corrected chi connectivity index (χ0v) is 16.7. The third kappa shape index (κ3) is 4.16. The maximum atomic E-state index is 12.7. The van der Waals surface area contributed by atoms with Gasteiger partial charge >= 0.3 is 0 Å². The number of benzene rings is 2. The van der Waals surface area contributed by atoms with Crippen LogP contribution in [0, 0.1) is 0 Å². The molecule has 0 unspecified atom stereocenters. The van der Waals surface area contributed by atoms with E-state index in [1.54, 1.807) is 18.2 Å². The van der Waals surface area contributed by atoms with E-state index in [9.17, 15) is 13.2 Å². The molecule has 0 atom stereocenters. The number of amides is 1. The van der Waals surface area contributed by atoms with Gasteiger partial charge in [-0.15, -0.1) is 0 Å². The fourth-order valence-electron chi connectivity index (χ4n) is 3.07. The molecule has 1 saturated carbocycles. The van der Waals surface area contributed by atoms with E-state index in [1.165, 1.54) is 6.26 Å². The number of carbonyl (C=O) groups is 1. The molecule has 1 fully saturated rings. The Morgan fingerprint density at radius 2 is 1.67 bits per heavy atom. The van der Waals surface area contributed by atoms with Crippen LogP contribution in [0.15, 0.2) is 48.5 Å². The van der Waals surface area contributed by atoms with Crippen LogP contribution in [0.5, 0.6) is 11.5 Å². The quantitative estimate of drug-likeness (QED) is 0.782. The number of ether oxygens (including phenoxy) is 1. The number of hydrogen-bond acceptors (Lipinski definition) is 4. The minimum atomic E-state index is -3.19. The summed E-state index contributed by atoms with van der Waals surface area (Å²) in [6, 6.07) is 14.7. The second kappa shape index (κ2) is 7.35. The summed E-state index contributed by atoms with van der Waals surface area (Å²) >= 11 is 0. The summed E-state index contributed by atoms with van der Waals surface area (Å²) in [5, 5.41) is 2.77. The van der Waals surface area contributed by atoms with Crippen LogP contribution in [0.4, 0.5) is 0 Å². The largest absolute Gasteiger partial charge is 0.456 e. The van der Waals surface area contributed by atoms with Crippen molar-refractivity contribution in [3.8, 4) is 11.5 Å². The second-order valence-corrected chi connectivity index (χ2v) is 9.84. The lowest BCUT2D eigenvalue weighted by atomic mass is 10.0. The van der Waals surface area contributed by atoms with E-state index in [0.29, 0.717) is 29.9 Å². The Balaban J connectivity index is 1.80. The molecule has 6 heteroatoms. The zero-order chi connectivity index (χ0) is 19.7. The first kappa shape index (κ1) is 19.4. The topological polar surface area (TPSA) is 72.5 Å². The van der Waals surface area contributed by atoms with Crippen LogP contribution >= 0.6 is 0 Å². The van der Waals surface area contributed by atoms with Crippen molar-refractivity contribution in [2.45, 2.75) is 37.4 Å². The van der Waals surface area contributed by atoms with Crippen molar-refractivity contribution in [3.05, 3.63) is 59.7 Å². The number of rotatable bonds is 7. The second-order valence-electron chi connectivity index (χ2n) is 7.43. The van der Waals surface area contributed by atoms with Gasteiger partial charge in [-0.25, -0.2) is 8.42 Å². The Labute approximate surface area is 160 Å². The molecule has 0 aromatic heterocycles. The minimum Gasteiger partial charge on any atom is -0.456 e. The van der Waals surface area contributed by atoms with Gasteiger partial charge in [-0.1, -0.05) is 44.2 Å². The highest BCUT2D eigenvalue weighted by Gasteiger charge is 2.52. The molecule has 2 aromatic rings. The maximum absolute atomic E-state index is 12.7. The van der Waals surface area contributed by atoms with Gasteiger partial charge < -0.3 is 10.1 Å². The standard InChI is InChI=1S/C21H25NO4S/c1-15(2)16-8-4-6-10-18(16)26-19-11-7-5-9-17(19)20(23)22-14-21(12-13-21)27(3,24)25/h4-11,15H,12-14H2,1-3H3,(H,22,23). The highest BCUT2D eigenvalue weighted by atomic mass is 32.2. The molecule has 1 N–H and O–H groups in total. The summed E-state index contributed by atoms with van der Waals surface area (Å²) in [6.07, 6.45) is 2.41. The lowest BCUT2D eigenvalue weighted by Crippen LogP contribution is -2.38. The predicted octanol–water partition coefficient (Wildman–Crippen LogP) is 3.91. The molecule has 2 aromatic carbocycles. The van der Waals surface area contributed by atoms with E-state index >= 15 is 0 Å². The van der Waals surface area contributed by atoms with E-state index in [0.717, 1.165) is 5.56 Å². The first-order chi connectivity index (χ1) is 12.7. The highest BCUT2D eigenvalue weighted by molar-refractivity contribution is 7.92. The summed E-state index contributed by atoms with van der Waals surface area (Å²) in [5.74, 6) is 1.11. The molecule has 0 bridgehead atoms. The van der Waals surface area contributed by atoms with E-state index in [-0.39, 0.29) is 18.4 Å². The normalized spacial score (nSPS) is 15.4. The summed E-state index contributed by atoms with van der Waals surface area (Å²) in [4.78, 5) is 12.7. The Morgan fingerprint density at radius 3 is 2.26 bits per heavy atom. The molecule has 3 rings (SSSR count). The Kier molecular flexibility index (Phi) is 5.29. The van der Waals surface area contributed by atoms with E-state index in [1.807, 2.05) is 30.3 Å². The van der Waals surface area contributed by atoms with Crippen molar-refractivity contribution in [1.82, 2.24) is 5.32 Å². The monoisotopic (exact) mass is 387 g/mol. The smallest absolute Gasteiger partial charge is 0.255 e. The minimum absolute atomic E-state index is 0.127. The van der Waals surface area contributed by atoms with Crippen molar-refractivity contribution in [2.75, 3.05) is 12.8 Å². The zero-order valence-electron chi connectivity index (χ0n) is 15.9. The van der Waals surface area contributed by atoms with E-state index in [2.05, 4.69) is 19.2 Å². The van der Waals surface area contributed by atoms with Crippen molar-refractivity contribution < 1.29 is 17.9 Å². The van der Waals surface area contributed by atoms with Gasteiger partial charge in [0, 0.05) is 12.8 Å². The van der Waals surface area contributed by atoms with Gasteiger partial charge in [0.15, 0.2) is 9.84 Å². The van der Waals surface area contributed by atoms with Crippen LogP contribution in [0.3, 0.4) is 0 Å². The van der Waals surface area contributed by atoms with Gasteiger partial charge in [0.1, 0.15) is 11.5 Å². The highest BCUT2D eigenvalue weighted by Crippen LogP contribution is 2.42. The van der Waals surface area contributed by atoms with E-state index in [4.69, 9.17) is 4.74 Å². The number of sulfone groups is 1. The third-order valence-electron chi connectivity index (χ3n) is 5.06. The molecule has 5 nitrogen and oxygen atoms in total.